The summed E-state index contributed by atoms with van der Waals surface area (Å²) >= 11 is 0. The molecule has 5 rings (SSSR count). The fraction of sp³-hybridized carbons (Fsp3) is 1.00. The molecule has 0 spiro atoms. The highest BCUT2D eigenvalue weighted by Gasteiger charge is 2.54. The van der Waals surface area contributed by atoms with Crippen LogP contribution in [0.2, 0.25) is 0 Å². The van der Waals surface area contributed by atoms with Crippen LogP contribution in [0.1, 0.15) is 143 Å². The molecular formula is C47H86O10. The lowest BCUT2D eigenvalue weighted by Gasteiger charge is -2.53. The summed E-state index contributed by atoms with van der Waals surface area (Å²) in [5.41, 5.74) is 0. The molecule has 5 saturated heterocycles. The van der Waals surface area contributed by atoms with Gasteiger partial charge in [-0.05, 0) is 79.4 Å². The summed E-state index contributed by atoms with van der Waals surface area (Å²) in [6.45, 7) is 36.0. The van der Waals surface area contributed by atoms with Crippen molar-refractivity contribution in [3.05, 3.63) is 0 Å². The van der Waals surface area contributed by atoms with Gasteiger partial charge in [0.15, 0.2) is 31.5 Å². The third kappa shape index (κ3) is 9.81. The molecule has 57 heavy (non-hydrogen) atoms. The lowest BCUT2D eigenvalue weighted by atomic mass is 9.78. The SMILES string of the molecule is CCC1O[C@H](OC2[C@@H](OC3[C@@H](OC4[C@@H](O[C@@H]5C(C)[C@@H](OC)OC(CC)[C@H]5C)OC(CC)[C@@H](C)[C@@H]4C)OC(CC)[C@@H](C)[C@@H]3C)OC(CC)[C@@H](C)[C@@H]2C)C(C)[C@@H](C)[C@@H]1C. The maximum Gasteiger partial charge on any atom is 0.185 e. The van der Waals surface area contributed by atoms with E-state index in [1.54, 1.807) is 7.11 Å². The van der Waals surface area contributed by atoms with E-state index in [2.05, 4.69) is 111 Å². The van der Waals surface area contributed by atoms with E-state index in [1.807, 2.05) is 0 Å². The first kappa shape index (κ1) is 47.6. The van der Waals surface area contributed by atoms with Crippen molar-refractivity contribution in [1.29, 1.82) is 0 Å². The smallest absolute Gasteiger partial charge is 0.185 e. The Hall–Kier alpha value is -0.400. The standard InChI is InChI=1S/C47H86O10/c1-18-34-24(7)23(6)31(14)44(50-34)55-40-28(11)25(8)36(20-3)52-46(40)57-42-30(13)27(10)37(21-4)53-47(42)56-41-29(12)26(9)35(19-2)51-45(41)54-39-32(15)38(22-5)49-43(48-17)33(39)16/h23-47H,18-22H2,1-17H3/t23-,24-,25-,26-,27-,28-,29-,30-,31?,32+,33?,34?,35?,36?,37?,38?,39-,40?,41?,42?,43-,44+,45+,46+,47+/m0/s1. The van der Waals surface area contributed by atoms with E-state index in [0.717, 1.165) is 32.1 Å². The van der Waals surface area contributed by atoms with Crippen molar-refractivity contribution in [1.82, 2.24) is 0 Å². The molecule has 5 heterocycles. The lowest BCUT2D eigenvalue weighted by molar-refractivity contribution is -0.391. The summed E-state index contributed by atoms with van der Waals surface area (Å²) in [4.78, 5) is 0. The Labute approximate surface area is 348 Å². The fourth-order valence-electron chi connectivity index (χ4n) is 11.1. The van der Waals surface area contributed by atoms with Gasteiger partial charge in [0.2, 0.25) is 0 Å². The van der Waals surface area contributed by atoms with E-state index in [0.29, 0.717) is 17.8 Å². The zero-order valence-corrected chi connectivity index (χ0v) is 39.1. The maximum atomic E-state index is 7.32. The zero-order chi connectivity index (χ0) is 42.0. The Balaban J connectivity index is 1.46. The first-order valence-electron chi connectivity index (χ1n) is 23.5. The molecule has 0 radical (unpaired) electrons. The molecule has 0 bridgehead atoms. The highest BCUT2D eigenvalue weighted by Crippen LogP contribution is 2.45. The summed E-state index contributed by atoms with van der Waals surface area (Å²) in [7, 11) is 1.72. The van der Waals surface area contributed by atoms with E-state index in [9.17, 15) is 0 Å². The normalized spacial score (nSPS) is 52.5. The van der Waals surface area contributed by atoms with Crippen molar-refractivity contribution >= 4 is 0 Å². The van der Waals surface area contributed by atoms with Gasteiger partial charge in [0, 0.05) is 24.9 Å². The number of hydrogen-bond acceptors (Lipinski definition) is 10. The second-order valence-corrected chi connectivity index (χ2v) is 19.3. The third-order valence-electron chi connectivity index (χ3n) is 16.3. The highest BCUT2D eigenvalue weighted by atomic mass is 16.8. The van der Waals surface area contributed by atoms with Crippen LogP contribution >= 0.6 is 0 Å². The minimum Gasteiger partial charge on any atom is -0.355 e. The van der Waals surface area contributed by atoms with Crippen molar-refractivity contribution < 1.29 is 47.4 Å². The molecule has 10 nitrogen and oxygen atoms in total. The molecular weight excluding hydrogens is 725 g/mol. The van der Waals surface area contributed by atoms with Crippen LogP contribution in [0.4, 0.5) is 0 Å². The van der Waals surface area contributed by atoms with E-state index in [4.69, 9.17) is 47.4 Å². The summed E-state index contributed by atoms with van der Waals surface area (Å²) in [6, 6.07) is 0. The number of methoxy groups -OCH3 is 1. The van der Waals surface area contributed by atoms with Gasteiger partial charge >= 0.3 is 0 Å². The van der Waals surface area contributed by atoms with Gasteiger partial charge in [0.05, 0.1) is 36.6 Å². The molecule has 0 aromatic carbocycles. The Bertz CT molecular complexity index is 1190. The third-order valence-corrected chi connectivity index (χ3v) is 16.3. The molecule has 0 aliphatic carbocycles. The molecule has 334 valence electrons. The van der Waals surface area contributed by atoms with Gasteiger partial charge in [-0.3, -0.25) is 0 Å². The molecule has 10 unspecified atom stereocenters. The van der Waals surface area contributed by atoms with Crippen LogP contribution in [-0.4, -0.2) is 93.5 Å². The van der Waals surface area contributed by atoms with Gasteiger partial charge in [-0.2, -0.15) is 0 Å². The summed E-state index contributed by atoms with van der Waals surface area (Å²) in [5, 5.41) is 0. The number of hydrogen-bond donors (Lipinski definition) is 0. The van der Waals surface area contributed by atoms with Crippen LogP contribution in [0, 0.1) is 65.1 Å². The first-order valence-corrected chi connectivity index (χ1v) is 23.5. The number of ether oxygens (including phenoxy) is 10. The second-order valence-electron chi connectivity index (χ2n) is 19.3. The van der Waals surface area contributed by atoms with Gasteiger partial charge < -0.3 is 47.4 Å². The summed E-state index contributed by atoms with van der Waals surface area (Å²) in [6.07, 6.45) is 0.921. The largest absolute Gasteiger partial charge is 0.355 e. The van der Waals surface area contributed by atoms with Crippen molar-refractivity contribution in [3.8, 4) is 0 Å². The molecule has 5 fully saturated rings. The number of rotatable bonds is 14. The maximum absolute atomic E-state index is 7.32. The molecule has 0 aromatic heterocycles. The molecule has 0 aromatic rings. The molecule has 0 N–H and O–H groups in total. The van der Waals surface area contributed by atoms with E-state index < -0.39 is 31.1 Å². The monoisotopic (exact) mass is 811 g/mol. The average Bonchev–Trinajstić information content (AvgIpc) is 3.20. The Morgan fingerprint density at radius 2 is 0.561 bits per heavy atom. The molecule has 5 aliphatic heterocycles. The van der Waals surface area contributed by atoms with Crippen LogP contribution in [0.5, 0.6) is 0 Å². The van der Waals surface area contributed by atoms with E-state index >= 15 is 0 Å². The zero-order valence-electron chi connectivity index (χ0n) is 39.1. The molecule has 0 amide bonds. The minimum absolute atomic E-state index is 0.00471. The Morgan fingerprint density at radius 1 is 0.281 bits per heavy atom. The topological polar surface area (TPSA) is 92.3 Å². The molecule has 25 atom stereocenters. The average molecular weight is 811 g/mol. The highest BCUT2D eigenvalue weighted by molar-refractivity contribution is 4.94. The van der Waals surface area contributed by atoms with Crippen molar-refractivity contribution in [2.24, 2.45) is 65.1 Å². The Morgan fingerprint density at radius 3 is 0.912 bits per heavy atom. The van der Waals surface area contributed by atoms with Gasteiger partial charge in [-0.25, -0.2) is 0 Å². The van der Waals surface area contributed by atoms with Crippen LogP contribution in [0.25, 0.3) is 0 Å². The van der Waals surface area contributed by atoms with Gasteiger partial charge in [-0.15, -0.1) is 0 Å². The second kappa shape index (κ2) is 20.6. The van der Waals surface area contributed by atoms with Gasteiger partial charge in [-0.1, -0.05) is 111 Å². The molecule has 5 aliphatic rings. The van der Waals surface area contributed by atoms with Crippen LogP contribution < -0.4 is 0 Å². The predicted octanol–water partition coefficient (Wildman–Crippen LogP) is 9.85. The molecule has 0 saturated carbocycles. The first-order chi connectivity index (χ1) is 27.1. The van der Waals surface area contributed by atoms with E-state index in [-0.39, 0.29) is 103 Å². The molecule has 10 heteroatoms. The summed E-state index contributed by atoms with van der Waals surface area (Å²) in [5.74, 6) is 2.54. The van der Waals surface area contributed by atoms with Crippen molar-refractivity contribution in [2.75, 3.05) is 7.11 Å². The van der Waals surface area contributed by atoms with Crippen molar-refractivity contribution in [2.45, 2.75) is 229 Å². The van der Waals surface area contributed by atoms with Gasteiger partial charge in [0.1, 0.15) is 18.3 Å². The predicted molar refractivity (Wildman–Crippen MR) is 222 cm³/mol. The minimum atomic E-state index is -0.664. The Kier molecular flexibility index (Phi) is 17.3. The van der Waals surface area contributed by atoms with Crippen molar-refractivity contribution in [3.63, 3.8) is 0 Å². The van der Waals surface area contributed by atoms with E-state index in [1.165, 1.54) is 0 Å². The lowest BCUT2D eigenvalue weighted by Crippen LogP contribution is -2.61. The van der Waals surface area contributed by atoms with Crippen LogP contribution in [-0.2, 0) is 47.4 Å². The summed E-state index contributed by atoms with van der Waals surface area (Å²) < 4.78 is 68.7. The van der Waals surface area contributed by atoms with Crippen LogP contribution in [0.3, 0.4) is 0 Å². The van der Waals surface area contributed by atoms with Crippen LogP contribution in [0.15, 0.2) is 0 Å². The quantitative estimate of drug-likeness (QED) is 0.169. The van der Waals surface area contributed by atoms with Gasteiger partial charge in [0.25, 0.3) is 0 Å². The fourth-order valence-corrected chi connectivity index (χ4v) is 11.1.